The number of benzene rings is 3. The summed E-state index contributed by atoms with van der Waals surface area (Å²) in [5.74, 6) is 1.55. The fourth-order valence-electron chi connectivity index (χ4n) is 2.95. The lowest BCUT2D eigenvalue weighted by atomic mass is 9.78. The van der Waals surface area contributed by atoms with Gasteiger partial charge in [0.25, 0.3) is 0 Å². The van der Waals surface area contributed by atoms with Crippen LogP contribution in [0.1, 0.15) is 35.3 Å². The Morgan fingerprint density at radius 3 is 1.70 bits per heavy atom. The largest absolute Gasteiger partial charge is 0.490 e. The van der Waals surface area contributed by atoms with Gasteiger partial charge in [0.05, 0.1) is 0 Å². The minimum atomic E-state index is -0.0589. The third-order valence-electron chi connectivity index (χ3n) is 4.71. The molecule has 0 bridgehead atoms. The first-order valence-corrected chi connectivity index (χ1v) is 9.06. The number of hydrogen-bond donors (Lipinski definition) is 0. The maximum atomic E-state index is 10.6. The summed E-state index contributed by atoms with van der Waals surface area (Å²) in [5, 5.41) is 0. The zero-order valence-corrected chi connectivity index (χ0v) is 15.7. The molecule has 0 N–H and O–H groups in total. The normalized spacial score (nSPS) is 11.0. The Bertz CT molecular complexity index is 850. The van der Waals surface area contributed by atoms with E-state index < -0.39 is 0 Å². The first-order valence-electron chi connectivity index (χ1n) is 9.06. The predicted molar refractivity (Wildman–Crippen MR) is 108 cm³/mol. The first-order chi connectivity index (χ1) is 13.1. The molecule has 3 aromatic carbocycles. The van der Waals surface area contributed by atoms with Gasteiger partial charge < -0.3 is 9.47 Å². The van der Waals surface area contributed by atoms with Crippen LogP contribution < -0.4 is 9.47 Å². The van der Waals surface area contributed by atoms with Crippen molar-refractivity contribution in [1.82, 2.24) is 0 Å². The van der Waals surface area contributed by atoms with Crippen molar-refractivity contribution in [2.45, 2.75) is 19.3 Å². The number of ether oxygens (including phenoxy) is 2. The van der Waals surface area contributed by atoms with Gasteiger partial charge in [-0.1, -0.05) is 56.3 Å². The van der Waals surface area contributed by atoms with Crippen molar-refractivity contribution in [1.29, 1.82) is 0 Å². The van der Waals surface area contributed by atoms with E-state index in [2.05, 4.69) is 50.2 Å². The Hall–Kier alpha value is -3.07. The lowest BCUT2D eigenvalue weighted by molar-refractivity contribution is 0.112. The fourth-order valence-corrected chi connectivity index (χ4v) is 2.95. The van der Waals surface area contributed by atoms with Crippen LogP contribution in [0.2, 0.25) is 0 Å². The Morgan fingerprint density at radius 2 is 1.19 bits per heavy atom. The second-order valence-corrected chi connectivity index (χ2v) is 6.90. The van der Waals surface area contributed by atoms with Crippen LogP contribution in [0.3, 0.4) is 0 Å². The molecule has 0 aromatic heterocycles. The molecular weight excluding hydrogens is 336 g/mol. The lowest BCUT2D eigenvalue weighted by Gasteiger charge is -2.26. The molecule has 0 spiro atoms. The zero-order valence-electron chi connectivity index (χ0n) is 15.7. The number of rotatable bonds is 8. The molecule has 3 nitrogen and oxygen atoms in total. The summed E-state index contributed by atoms with van der Waals surface area (Å²) in [7, 11) is 0. The molecule has 138 valence electrons. The Balaban J connectivity index is 1.52. The number of carbonyl (C=O) groups excluding carboxylic acids is 1. The summed E-state index contributed by atoms with van der Waals surface area (Å²) >= 11 is 0. The van der Waals surface area contributed by atoms with E-state index >= 15 is 0 Å². The van der Waals surface area contributed by atoms with Crippen LogP contribution in [0, 0.1) is 0 Å². The third-order valence-corrected chi connectivity index (χ3v) is 4.71. The molecule has 3 aromatic rings. The van der Waals surface area contributed by atoms with Gasteiger partial charge in [0.2, 0.25) is 0 Å². The highest BCUT2D eigenvalue weighted by atomic mass is 16.5. The van der Waals surface area contributed by atoms with E-state index in [0.29, 0.717) is 18.8 Å². The summed E-state index contributed by atoms with van der Waals surface area (Å²) in [4.78, 5) is 10.6. The van der Waals surface area contributed by atoms with Gasteiger partial charge >= 0.3 is 0 Å². The quantitative estimate of drug-likeness (QED) is 0.405. The minimum Gasteiger partial charge on any atom is -0.490 e. The van der Waals surface area contributed by atoms with E-state index in [9.17, 15) is 4.79 Å². The molecule has 0 aliphatic rings. The van der Waals surface area contributed by atoms with Crippen molar-refractivity contribution >= 4 is 6.29 Å². The van der Waals surface area contributed by atoms with Crippen molar-refractivity contribution < 1.29 is 14.3 Å². The van der Waals surface area contributed by atoms with Gasteiger partial charge in [-0.2, -0.15) is 0 Å². The third kappa shape index (κ3) is 4.76. The average molecular weight is 360 g/mol. The fraction of sp³-hybridized carbons (Fsp3) is 0.208. The maximum Gasteiger partial charge on any atom is 0.150 e. The topological polar surface area (TPSA) is 35.5 Å². The molecule has 3 heteroatoms. The molecule has 0 fully saturated rings. The summed E-state index contributed by atoms with van der Waals surface area (Å²) in [5.41, 5.74) is 3.11. The maximum absolute atomic E-state index is 10.6. The van der Waals surface area contributed by atoms with E-state index in [0.717, 1.165) is 17.8 Å². The van der Waals surface area contributed by atoms with E-state index in [1.807, 2.05) is 18.2 Å². The monoisotopic (exact) mass is 360 g/mol. The molecule has 0 saturated carbocycles. The van der Waals surface area contributed by atoms with Crippen LogP contribution in [0.4, 0.5) is 0 Å². The Morgan fingerprint density at radius 1 is 0.704 bits per heavy atom. The molecule has 0 unspecified atom stereocenters. The van der Waals surface area contributed by atoms with Gasteiger partial charge in [-0.25, -0.2) is 0 Å². The average Bonchev–Trinajstić information content (AvgIpc) is 2.72. The summed E-state index contributed by atoms with van der Waals surface area (Å²) in [6.45, 7) is 5.35. The molecule has 0 atom stereocenters. The van der Waals surface area contributed by atoms with Gasteiger partial charge in [-0.15, -0.1) is 0 Å². The van der Waals surface area contributed by atoms with Crippen LogP contribution in [-0.2, 0) is 5.41 Å². The standard InChI is InChI=1S/C24H24O3/c1-24(2,20-6-4-3-5-7-20)21-10-14-23(15-11-21)27-17-16-26-22-12-8-19(18-25)9-13-22/h3-15,18H,16-17H2,1-2H3. The molecule has 0 aliphatic carbocycles. The Labute approximate surface area is 160 Å². The van der Waals surface area contributed by atoms with Crippen molar-refractivity contribution in [2.75, 3.05) is 13.2 Å². The molecule has 0 heterocycles. The van der Waals surface area contributed by atoms with Crippen molar-refractivity contribution in [2.24, 2.45) is 0 Å². The number of carbonyl (C=O) groups is 1. The van der Waals surface area contributed by atoms with Crippen LogP contribution in [-0.4, -0.2) is 19.5 Å². The second kappa shape index (κ2) is 8.54. The van der Waals surface area contributed by atoms with Gasteiger partial charge in [0.1, 0.15) is 31.0 Å². The lowest BCUT2D eigenvalue weighted by Crippen LogP contribution is -2.18. The first kappa shape index (κ1) is 18.7. The van der Waals surface area contributed by atoms with E-state index in [4.69, 9.17) is 9.47 Å². The molecule has 3 rings (SSSR count). The molecule has 0 radical (unpaired) electrons. The van der Waals surface area contributed by atoms with Crippen molar-refractivity contribution in [3.05, 3.63) is 95.6 Å². The van der Waals surface area contributed by atoms with E-state index in [-0.39, 0.29) is 5.41 Å². The zero-order chi connectivity index (χ0) is 19.1. The van der Waals surface area contributed by atoms with Crippen LogP contribution in [0.15, 0.2) is 78.9 Å². The number of hydrogen-bond acceptors (Lipinski definition) is 3. The van der Waals surface area contributed by atoms with Crippen LogP contribution in [0.5, 0.6) is 11.5 Å². The van der Waals surface area contributed by atoms with Crippen LogP contribution >= 0.6 is 0 Å². The highest BCUT2D eigenvalue weighted by molar-refractivity contribution is 5.74. The van der Waals surface area contributed by atoms with E-state index in [1.165, 1.54) is 11.1 Å². The van der Waals surface area contributed by atoms with Gasteiger partial charge in [-0.05, 0) is 47.5 Å². The van der Waals surface area contributed by atoms with E-state index in [1.54, 1.807) is 24.3 Å². The number of aldehydes is 1. The highest BCUT2D eigenvalue weighted by Gasteiger charge is 2.22. The van der Waals surface area contributed by atoms with Crippen molar-refractivity contribution in [3.63, 3.8) is 0 Å². The van der Waals surface area contributed by atoms with Gasteiger partial charge in [0.15, 0.2) is 0 Å². The summed E-state index contributed by atoms with van der Waals surface area (Å²) < 4.78 is 11.4. The van der Waals surface area contributed by atoms with Gasteiger partial charge in [0, 0.05) is 11.0 Å². The molecule has 0 amide bonds. The minimum absolute atomic E-state index is 0.0589. The molecule has 0 aliphatic heterocycles. The second-order valence-electron chi connectivity index (χ2n) is 6.90. The van der Waals surface area contributed by atoms with Crippen molar-refractivity contribution in [3.8, 4) is 11.5 Å². The molecule has 27 heavy (non-hydrogen) atoms. The highest BCUT2D eigenvalue weighted by Crippen LogP contribution is 2.32. The molecule has 0 saturated heterocycles. The SMILES string of the molecule is CC(C)(c1ccccc1)c1ccc(OCCOc2ccc(C=O)cc2)cc1. The Kier molecular flexibility index (Phi) is 5.92. The smallest absolute Gasteiger partial charge is 0.150 e. The molecular formula is C24H24O3. The summed E-state index contributed by atoms with van der Waals surface area (Å²) in [6, 6.07) is 25.7. The predicted octanol–water partition coefficient (Wildman–Crippen LogP) is 5.28. The van der Waals surface area contributed by atoms with Gasteiger partial charge in [-0.3, -0.25) is 4.79 Å². The van der Waals surface area contributed by atoms with Crippen LogP contribution in [0.25, 0.3) is 0 Å². The summed E-state index contributed by atoms with van der Waals surface area (Å²) in [6.07, 6.45) is 0.815.